The van der Waals surface area contributed by atoms with Gasteiger partial charge in [-0.25, -0.2) is 0 Å². The summed E-state index contributed by atoms with van der Waals surface area (Å²) in [6.45, 7) is 4.17. The van der Waals surface area contributed by atoms with Gasteiger partial charge in [-0.15, -0.1) is 0 Å². The molecular weight excluding hydrogens is 266 g/mol. The topological polar surface area (TPSA) is 38.8 Å². The van der Waals surface area contributed by atoms with E-state index in [4.69, 9.17) is 9.47 Å². The maximum atomic E-state index is 12.8. The Labute approximate surface area is 126 Å². The van der Waals surface area contributed by atoms with Gasteiger partial charge in [-0.1, -0.05) is 50.1 Å². The van der Waals surface area contributed by atoms with Crippen LogP contribution in [0.1, 0.15) is 36.5 Å². The van der Waals surface area contributed by atoms with Gasteiger partial charge >= 0.3 is 0 Å². The largest absolute Gasteiger partial charge is 0.348 e. The zero-order valence-electron chi connectivity index (χ0n) is 12.5. The Hall–Kier alpha value is -1.23. The number of Topliss-reactive ketones (excluding diaryl/α,β-unsaturated/α-hetero) is 1. The molecule has 0 aromatic heterocycles. The Kier molecular flexibility index (Phi) is 4.68. The lowest BCUT2D eigenvalue weighted by Crippen LogP contribution is -2.41. The number of unbranched alkanes of at least 4 members (excludes halogenated alkanes) is 1. The van der Waals surface area contributed by atoms with E-state index in [-0.39, 0.29) is 24.0 Å². The maximum Gasteiger partial charge on any atom is 0.179 e. The number of benzene rings is 1. The van der Waals surface area contributed by atoms with Gasteiger partial charge in [-0.3, -0.25) is 9.69 Å². The van der Waals surface area contributed by atoms with Gasteiger partial charge in [0.05, 0.1) is 6.04 Å². The minimum atomic E-state index is -0.0508. The Morgan fingerprint density at radius 3 is 2.52 bits per heavy atom. The Morgan fingerprint density at radius 2 is 1.90 bits per heavy atom. The fraction of sp³-hybridized carbons (Fsp3) is 0.588. The smallest absolute Gasteiger partial charge is 0.179 e. The molecule has 0 saturated carbocycles. The lowest BCUT2D eigenvalue weighted by atomic mass is 9.98. The van der Waals surface area contributed by atoms with Crippen molar-refractivity contribution in [3.05, 3.63) is 35.9 Å². The average Bonchev–Trinajstić information content (AvgIpc) is 3.10. The van der Waals surface area contributed by atoms with Crippen molar-refractivity contribution in [1.29, 1.82) is 0 Å². The van der Waals surface area contributed by atoms with Gasteiger partial charge in [0, 0.05) is 18.7 Å². The van der Waals surface area contributed by atoms with Crippen molar-refractivity contribution < 1.29 is 14.3 Å². The van der Waals surface area contributed by atoms with Gasteiger partial charge in [-0.05, 0) is 6.42 Å². The van der Waals surface area contributed by atoms with Gasteiger partial charge in [0.25, 0.3) is 0 Å². The third-order valence-electron chi connectivity index (χ3n) is 4.44. The van der Waals surface area contributed by atoms with E-state index in [9.17, 15) is 4.79 Å². The van der Waals surface area contributed by atoms with Crippen molar-refractivity contribution in [1.82, 2.24) is 4.90 Å². The molecular formula is C17H23NO3. The van der Waals surface area contributed by atoms with E-state index in [0.29, 0.717) is 6.79 Å². The van der Waals surface area contributed by atoms with E-state index < -0.39 is 0 Å². The highest BCUT2D eigenvalue weighted by atomic mass is 16.7. The van der Waals surface area contributed by atoms with Crippen molar-refractivity contribution in [3.63, 3.8) is 0 Å². The molecule has 4 heteroatoms. The molecule has 2 aliphatic rings. The molecule has 114 valence electrons. The predicted molar refractivity (Wildman–Crippen MR) is 80.3 cm³/mol. The third-order valence-corrected chi connectivity index (χ3v) is 4.44. The monoisotopic (exact) mass is 289 g/mol. The van der Waals surface area contributed by atoms with Gasteiger partial charge in [0.1, 0.15) is 19.0 Å². The summed E-state index contributed by atoms with van der Waals surface area (Å²) in [4.78, 5) is 15.1. The Balaban J connectivity index is 1.73. The normalized spacial score (nSPS) is 26.7. The molecule has 21 heavy (non-hydrogen) atoms. The molecule has 0 radical (unpaired) electrons. The molecule has 4 nitrogen and oxygen atoms in total. The zero-order chi connectivity index (χ0) is 14.7. The molecule has 3 rings (SSSR count). The fourth-order valence-electron chi connectivity index (χ4n) is 3.23. The number of hydrogen-bond donors (Lipinski definition) is 0. The Bertz CT molecular complexity index is 464. The van der Waals surface area contributed by atoms with Crippen molar-refractivity contribution in [3.8, 4) is 0 Å². The number of nitrogens with zero attached hydrogens (tertiary/aromatic N) is 1. The number of ether oxygens (including phenoxy) is 2. The van der Waals surface area contributed by atoms with Crippen LogP contribution in [-0.2, 0) is 9.47 Å². The van der Waals surface area contributed by atoms with Crippen LogP contribution in [0.3, 0.4) is 0 Å². The molecule has 0 spiro atoms. The second-order valence-corrected chi connectivity index (χ2v) is 5.87. The van der Waals surface area contributed by atoms with Crippen LogP contribution in [0.2, 0.25) is 0 Å². The van der Waals surface area contributed by atoms with E-state index in [2.05, 4.69) is 11.8 Å². The van der Waals surface area contributed by atoms with Crippen LogP contribution in [0.25, 0.3) is 0 Å². The number of carbonyl (C=O) groups excluding carboxylic acids is 1. The molecule has 0 bridgehead atoms. The number of likely N-dealkylation sites (tertiary alicyclic amines) is 1. The molecule has 1 aromatic carbocycles. The van der Waals surface area contributed by atoms with Gasteiger partial charge < -0.3 is 9.47 Å². The summed E-state index contributed by atoms with van der Waals surface area (Å²) in [5.41, 5.74) is 0.803. The van der Waals surface area contributed by atoms with Crippen molar-refractivity contribution >= 4 is 5.78 Å². The Morgan fingerprint density at radius 1 is 1.24 bits per heavy atom. The van der Waals surface area contributed by atoms with Crippen LogP contribution in [-0.4, -0.2) is 48.8 Å². The highest BCUT2D eigenvalue weighted by Crippen LogP contribution is 2.26. The van der Waals surface area contributed by atoms with Crippen LogP contribution < -0.4 is 0 Å². The first-order chi connectivity index (χ1) is 10.3. The van der Waals surface area contributed by atoms with E-state index in [1.807, 2.05) is 30.3 Å². The zero-order valence-corrected chi connectivity index (χ0v) is 12.5. The minimum absolute atomic E-state index is 0.0508. The van der Waals surface area contributed by atoms with E-state index >= 15 is 0 Å². The van der Waals surface area contributed by atoms with E-state index in [0.717, 1.165) is 37.9 Å². The summed E-state index contributed by atoms with van der Waals surface area (Å²) in [7, 11) is 0. The van der Waals surface area contributed by atoms with Crippen LogP contribution in [0.5, 0.6) is 0 Å². The number of fused-ring (bicyclic) bond motifs is 1. The molecule has 2 saturated heterocycles. The predicted octanol–water partition coefficient (Wildman–Crippen LogP) is 2.49. The van der Waals surface area contributed by atoms with Gasteiger partial charge in [0.15, 0.2) is 5.78 Å². The summed E-state index contributed by atoms with van der Waals surface area (Å²) < 4.78 is 11.1. The summed E-state index contributed by atoms with van der Waals surface area (Å²) in [5.74, 6) is 0.226. The van der Waals surface area contributed by atoms with E-state index in [1.54, 1.807) is 0 Å². The highest BCUT2D eigenvalue weighted by Gasteiger charge is 2.42. The molecule has 2 fully saturated rings. The fourth-order valence-corrected chi connectivity index (χ4v) is 3.23. The van der Waals surface area contributed by atoms with Gasteiger partial charge in [0.2, 0.25) is 0 Å². The van der Waals surface area contributed by atoms with Crippen molar-refractivity contribution in [2.45, 2.75) is 44.4 Å². The number of ketones is 1. The molecule has 2 aliphatic heterocycles. The molecule has 0 aliphatic carbocycles. The van der Waals surface area contributed by atoms with Crippen LogP contribution in [0, 0.1) is 0 Å². The van der Waals surface area contributed by atoms with Crippen LogP contribution in [0.15, 0.2) is 30.3 Å². The summed E-state index contributed by atoms with van der Waals surface area (Å²) >= 11 is 0. The minimum Gasteiger partial charge on any atom is -0.348 e. The molecule has 0 amide bonds. The maximum absolute atomic E-state index is 12.8. The van der Waals surface area contributed by atoms with Crippen molar-refractivity contribution in [2.75, 3.05) is 19.9 Å². The quantitative estimate of drug-likeness (QED) is 0.754. The highest BCUT2D eigenvalue weighted by molar-refractivity contribution is 6.00. The van der Waals surface area contributed by atoms with E-state index in [1.165, 1.54) is 0 Å². The third kappa shape index (κ3) is 3.18. The summed E-state index contributed by atoms with van der Waals surface area (Å²) in [6.07, 6.45) is 3.35. The number of hydrogen-bond acceptors (Lipinski definition) is 4. The number of carbonyl (C=O) groups is 1. The summed E-state index contributed by atoms with van der Waals surface area (Å²) in [6, 6.07) is 9.56. The SMILES string of the molecule is CCCCC(C(=O)c1ccccc1)N1CC2OCOC2C1. The summed E-state index contributed by atoms with van der Waals surface area (Å²) in [5, 5.41) is 0. The average molecular weight is 289 g/mol. The number of rotatable bonds is 6. The second kappa shape index (κ2) is 6.69. The first-order valence-corrected chi connectivity index (χ1v) is 7.86. The molecule has 0 N–H and O–H groups in total. The van der Waals surface area contributed by atoms with Gasteiger partial charge in [-0.2, -0.15) is 0 Å². The van der Waals surface area contributed by atoms with Crippen molar-refractivity contribution in [2.24, 2.45) is 0 Å². The standard InChI is InChI=1S/C17H23NO3/c1-2-3-9-14(17(19)13-7-5-4-6-8-13)18-10-15-16(11-18)21-12-20-15/h4-8,14-16H,2-3,9-12H2,1H3. The lowest BCUT2D eigenvalue weighted by molar-refractivity contribution is 0.00911. The molecule has 3 atom stereocenters. The first kappa shape index (κ1) is 14.7. The lowest BCUT2D eigenvalue weighted by Gasteiger charge is -2.27. The molecule has 3 unspecified atom stereocenters. The van der Waals surface area contributed by atoms with Crippen LogP contribution >= 0.6 is 0 Å². The first-order valence-electron chi connectivity index (χ1n) is 7.86. The molecule has 1 aromatic rings. The second-order valence-electron chi connectivity index (χ2n) is 5.87. The molecule has 2 heterocycles. The van der Waals surface area contributed by atoms with Crippen LogP contribution in [0.4, 0.5) is 0 Å².